The van der Waals surface area contributed by atoms with Crippen molar-refractivity contribution in [3.63, 3.8) is 0 Å². The van der Waals surface area contributed by atoms with Crippen LogP contribution in [0, 0.1) is 20.8 Å². The van der Waals surface area contributed by atoms with Crippen molar-refractivity contribution in [2.24, 2.45) is 0 Å². The monoisotopic (exact) mass is 480 g/mol. The molecule has 0 bridgehead atoms. The van der Waals surface area contributed by atoms with Crippen molar-refractivity contribution >= 4 is 23.6 Å². The van der Waals surface area contributed by atoms with E-state index in [-0.39, 0.29) is 6.42 Å². The lowest BCUT2D eigenvalue weighted by Gasteiger charge is -2.36. The number of aromatic nitrogens is 1. The summed E-state index contributed by atoms with van der Waals surface area (Å²) >= 11 is 1.68. The molecule has 4 nitrogen and oxygen atoms in total. The van der Waals surface area contributed by atoms with Gasteiger partial charge in [0.2, 0.25) is 0 Å². The maximum Gasteiger partial charge on any atom is 0.307 e. The molecule has 0 aliphatic carbocycles. The molecule has 5 heteroatoms. The van der Waals surface area contributed by atoms with Gasteiger partial charge in [0.25, 0.3) is 0 Å². The van der Waals surface area contributed by atoms with Crippen molar-refractivity contribution in [2.75, 3.05) is 10.6 Å². The topological polar surface area (TPSA) is 53.4 Å². The minimum absolute atomic E-state index is 0.00312. The predicted octanol–water partition coefficient (Wildman–Crippen LogP) is 7.23. The van der Waals surface area contributed by atoms with Crippen LogP contribution < -0.4 is 4.31 Å². The van der Waals surface area contributed by atoms with Crippen LogP contribution in [-0.2, 0) is 17.8 Å². The Balaban J connectivity index is 1.80. The quantitative estimate of drug-likeness (QED) is 0.305. The fourth-order valence-electron chi connectivity index (χ4n) is 5.22. The molecule has 0 fully saturated rings. The first-order chi connectivity index (χ1) is 16.9. The lowest BCUT2D eigenvalue weighted by atomic mass is 9.80. The van der Waals surface area contributed by atoms with Crippen LogP contribution in [0.25, 0.3) is 33.5 Å². The number of fused-ring (bicyclic) bond motifs is 3. The molecule has 2 heterocycles. The van der Waals surface area contributed by atoms with Crippen molar-refractivity contribution in [3.8, 4) is 33.5 Å². The van der Waals surface area contributed by atoms with Crippen LogP contribution in [0.3, 0.4) is 0 Å². The van der Waals surface area contributed by atoms with E-state index in [1.165, 1.54) is 22.3 Å². The number of carbonyl (C=O) groups is 1. The van der Waals surface area contributed by atoms with E-state index in [9.17, 15) is 9.90 Å². The number of hydrogen-bond acceptors (Lipinski definition) is 4. The van der Waals surface area contributed by atoms with Gasteiger partial charge >= 0.3 is 5.97 Å². The largest absolute Gasteiger partial charge is 0.481 e. The molecule has 1 aliphatic heterocycles. The van der Waals surface area contributed by atoms with Gasteiger partial charge in [0, 0.05) is 23.6 Å². The molecular formula is C30H28N2O2S. The number of aryl methyl sites for hydroxylation is 1. The van der Waals surface area contributed by atoms with Gasteiger partial charge in [0.1, 0.15) is 0 Å². The van der Waals surface area contributed by atoms with E-state index in [1.807, 2.05) is 24.4 Å². The Kier molecular flexibility index (Phi) is 6.12. The van der Waals surface area contributed by atoms with Gasteiger partial charge in [0.15, 0.2) is 0 Å². The number of nitrogens with zero attached hydrogens (tertiary/aromatic N) is 2. The number of rotatable bonds is 5. The summed E-state index contributed by atoms with van der Waals surface area (Å²) < 4.78 is 2.30. The second-order valence-electron chi connectivity index (χ2n) is 9.07. The fraction of sp³-hybridized carbons (Fsp3) is 0.200. The number of carboxylic acids is 1. The zero-order valence-electron chi connectivity index (χ0n) is 20.4. The first-order valence-electron chi connectivity index (χ1n) is 11.7. The van der Waals surface area contributed by atoms with Gasteiger partial charge in [-0.2, -0.15) is 0 Å². The van der Waals surface area contributed by atoms with E-state index in [4.69, 9.17) is 0 Å². The SMILES string of the molecule is CSN1Cc2cc(-c3ccccn3)ccc2-c2c(C)c(-c3ccc(C)cc3)c(CC(=O)O)c(C)c21. The molecule has 0 atom stereocenters. The lowest BCUT2D eigenvalue weighted by Crippen LogP contribution is -2.22. The third-order valence-electron chi connectivity index (χ3n) is 6.88. The summed E-state index contributed by atoms with van der Waals surface area (Å²) in [6.07, 6.45) is 3.90. The molecule has 0 radical (unpaired) electrons. The first kappa shape index (κ1) is 23.2. The Labute approximate surface area is 210 Å². The summed E-state index contributed by atoms with van der Waals surface area (Å²) in [5, 5.41) is 9.80. The molecule has 1 aromatic heterocycles. The van der Waals surface area contributed by atoms with Gasteiger partial charge in [-0.3, -0.25) is 9.78 Å². The normalized spacial score (nSPS) is 12.3. The van der Waals surface area contributed by atoms with Crippen molar-refractivity contribution < 1.29 is 9.90 Å². The van der Waals surface area contributed by atoms with Crippen LogP contribution in [0.5, 0.6) is 0 Å². The van der Waals surface area contributed by atoms with Crippen LogP contribution in [-0.4, -0.2) is 22.3 Å². The maximum atomic E-state index is 11.9. The van der Waals surface area contributed by atoms with E-state index in [2.05, 4.69) is 78.8 Å². The Morgan fingerprint density at radius 2 is 1.71 bits per heavy atom. The smallest absolute Gasteiger partial charge is 0.307 e. The van der Waals surface area contributed by atoms with Crippen LogP contribution in [0.2, 0.25) is 0 Å². The van der Waals surface area contributed by atoms with Crippen molar-refractivity contribution in [1.82, 2.24) is 4.98 Å². The van der Waals surface area contributed by atoms with Crippen molar-refractivity contribution in [1.29, 1.82) is 0 Å². The van der Waals surface area contributed by atoms with Crippen LogP contribution in [0.1, 0.15) is 27.8 Å². The van der Waals surface area contributed by atoms with Gasteiger partial charge in [-0.25, -0.2) is 0 Å². The van der Waals surface area contributed by atoms with E-state index in [0.717, 1.165) is 51.3 Å². The van der Waals surface area contributed by atoms with E-state index in [1.54, 1.807) is 11.9 Å². The summed E-state index contributed by atoms with van der Waals surface area (Å²) in [5.74, 6) is -0.812. The zero-order chi connectivity index (χ0) is 24.7. The summed E-state index contributed by atoms with van der Waals surface area (Å²) in [6.45, 7) is 7.03. The molecule has 0 spiro atoms. The van der Waals surface area contributed by atoms with Gasteiger partial charge in [-0.1, -0.05) is 60.0 Å². The molecule has 0 amide bonds. The molecule has 1 aliphatic rings. The standard InChI is InChI=1S/C30H28N2O2S/c1-18-8-10-21(11-9-18)28-20(3)29-24-13-12-22(26-7-5-6-14-31-26)15-23(24)17-32(35-4)30(29)19(2)25(28)16-27(33)34/h5-15H,16-17H2,1-4H3,(H,33,34). The second kappa shape index (κ2) is 9.23. The number of pyridine rings is 1. The minimum atomic E-state index is -0.812. The third-order valence-corrected chi connectivity index (χ3v) is 7.64. The average molecular weight is 481 g/mol. The van der Waals surface area contributed by atoms with E-state index in [0.29, 0.717) is 0 Å². The lowest BCUT2D eigenvalue weighted by molar-refractivity contribution is -0.136. The molecule has 0 saturated carbocycles. The van der Waals surface area contributed by atoms with Crippen molar-refractivity contribution in [3.05, 3.63) is 94.7 Å². The first-order valence-corrected chi connectivity index (χ1v) is 12.9. The molecule has 4 aromatic rings. The molecule has 35 heavy (non-hydrogen) atoms. The molecular weight excluding hydrogens is 452 g/mol. The summed E-state index contributed by atoms with van der Waals surface area (Å²) in [7, 11) is 0. The molecule has 0 saturated heterocycles. The predicted molar refractivity (Wildman–Crippen MR) is 146 cm³/mol. The van der Waals surface area contributed by atoms with Gasteiger partial charge < -0.3 is 9.41 Å². The van der Waals surface area contributed by atoms with E-state index >= 15 is 0 Å². The van der Waals surface area contributed by atoms with Crippen molar-refractivity contribution in [2.45, 2.75) is 33.7 Å². The molecule has 176 valence electrons. The number of carboxylic acid groups (broad SMARTS) is 1. The van der Waals surface area contributed by atoms with Crippen LogP contribution in [0.15, 0.2) is 66.9 Å². The van der Waals surface area contributed by atoms with E-state index < -0.39 is 5.97 Å². The number of hydrogen-bond donors (Lipinski definition) is 1. The average Bonchev–Trinajstić information content (AvgIpc) is 2.87. The third kappa shape index (κ3) is 4.10. The number of anilines is 1. The minimum Gasteiger partial charge on any atom is -0.481 e. The Morgan fingerprint density at radius 3 is 2.37 bits per heavy atom. The fourth-order valence-corrected chi connectivity index (χ4v) is 5.90. The summed E-state index contributed by atoms with van der Waals surface area (Å²) in [6, 6.07) is 21.0. The molecule has 0 unspecified atom stereocenters. The van der Waals surface area contributed by atoms with Gasteiger partial charge in [0.05, 0.1) is 24.3 Å². The maximum absolute atomic E-state index is 11.9. The molecule has 1 N–H and O–H groups in total. The summed E-state index contributed by atoms with van der Waals surface area (Å²) in [5.41, 5.74) is 13.2. The van der Waals surface area contributed by atoms with Crippen LogP contribution >= 0.6 is 11.9 Å². The Morgan fingerprint density at radius 1 is 0.971 bits per heavy atom. The van der Waals surface area contributed by atoms with Crippen LogP contribution in [0.4, 0.5) is 5.69 Å². The Bertz CT molecular complexity index is 1430. The highest BCUT2D eigenvalue weighted by molar-refractivity contribution is 7.99. The summed E-state index contributed by atoms with van der Waals surface area (Å²) in [4.78, 5) is 16.5. The second-order valence-corrected chi connectivity index (χ2v) is 9.88. The highest BCUT2D eigenvalue weighted by Crippen LogP contribution is 2.50. The highest BCUT2D eigenvalue weighted by atomic mass is 32.2. The number of aliphatic carboxylic acids is 1. The number of benzene rings is 3. The van der Waals surface area contributed by atoms with Gasteiger partial charge in [-0.05, 0) is 77.9 Å². The zero-order valence-corrected chi connectivity index (χ0v) is 21.2. The Hall–Kier alpha value is -3.57. The molecule has 3 aromatic carbocycles. The highest BCUT2D eigenvalue weighted by Gasteiger charge is 2.30. The van der Waals surface area contributed by atoms with Gasteiger partial charge in [-0.15, -0.1) is 0 Å². The molecule has 5 rings (SSSR count).